The van der Waals surface area contributed by atoms with Gasteiger partial charge in [-0.3, -0.25) is 4.79 Å². The first-order chi connectivity index (χ1) is 7.15. The number of anilines is 1. The molecular formula is C11H9ClN2O. The van der Waals surface area contributed by atoms with Gasteiger partial charge < -0.3 is 5.73 Å². The van der Waals surface area contributed by atoms with E-state index in [0.717, 1.165) is 18.4 Å². The summed E-state index contributed by atoms with van der Waals surface area (Å²) >= 11 is 5.89. The largest absolute Gasteiger partial charge is 0.396 e. The SMILES string of the molecule is N#Cc1c(N)c(Cl)cc2c1C(=O)CCC2. The predicted octanol–water partition coefficient (Wildman–Crippen LogP) is 2.31. The number of carbonyl (C=O) groups is 1. The molecule has 0 aromatic heterocycles. The van der Waals surface area contributed by atoms with E-state index in [-0.39, 0.29) is 17.0 Å². The summed E-state index contributed by atoms with van der Waals surface area (Å²) in [6.45, 7) is 0. The van der Waals surface area contributed by atoms with Gasteiger partial charge in [-0.25, -0.2) is 0 Å². The van der Waals surface area contributed by atoms with Gasteiger partial charge in [0.25, 0.3) is 0 Å². The molecule has 1 aromatic carbocycles. The number of benzene rings is 1. The van der Waals surface area contributed by atoms with Crippen LogP contribution in [0.5, 0.6) is 0 Å². The molecule has 3 nitrogen and oxygen atoms in total. The van der Waals surface area contributed by atoms with Gasteiger partial charge in [-0.2, -0.15) is 5.26 Å². The number of hydrogen-bond acceptors (Lipinski definition) is 3. The molecule has 15 heavy (non-hydrogen) atoms. The highest BCUT2D eigenvalue weighted by Gasteiger charge is 2.23. The second kappa shape index (κ2) is 3.56. The van der Waals surface area contributed by atoms with Crippen LogP contribution in [0.15, 0.2) is 6.07 Å². The highest BCUT2D eigenvalue weighted by atomic mass is 35.5. The van der Waals surface area contributed by atoms with Gasteiger partial charge in [-0.15, -0.1) is 0 Å². The van der Waals surface area contributed by atoms with Gasteiger partial charge in [0.05, 0.1) is 16.3 Å². The summed E-state index contributed by atoms with van der Waals surface area (Å²) < 4.78 is 0. The van der Waals surface area contributed by atoms with E-state index in [2.05, 4.69) is 0 Å². The highest BCUT2D eigenvalue weighted by Crippen LogP contribution is 2.33. The summed E-state index contributed by atoms with van der Waals surface area (Å²) in [6, 6.07) is 3.66. The predicted molar refractivity (Wildman–Crippen MR) is 57.8 cm³/mol. The molecule has 0 heterocycles. The Labute approximate surface area is 92.4 Å². The first-order valence-electron chi connectivity index (χ1n) is 4.69. The number of nitriles is 1. The molecule has 0 amide bonds. The normalized spacial score (nSPS) is 14.5. The summed E-state index contributed by atoms with van der Waals surface area (Å²) in [5.74, 6) is -0.00355. The van der Waals surface area contributed by atoms with Crippen molar-refractivity contribution in [1.82, 2.24) is 0 Å². The van der Waals surface area contributed by atoms with Gasteiger partial charge in [0, 0.05) is 12.0 Å². The van der Waals surface area contributed by atoms with Crippen LogP contribution in [0.2, 0.25) is 5.02 Å². The quantitative estimate of drug-likeness (QED) is 0.683. The lowest BCUT2D eigenvalue weighted by molar-refractivity contribution is 0.0972. The maximum absolute atomic E-state index is 11.7. The average molecular weight is 221 g/mol. The third-order valence-corrected chi connectivity index (χ3v) is 2.95. The molecule has 0 spiro atoms. The highest BCUT2D eigenvalue weighted by molar-refractivity contribution is 6.33. The van der Waals surface area contributed by atoms with Crippen molar-refractivity contribution in [1.29, 1.82) is 5.26 Å². The number of rotatable bonds is 0. The topological polar surface area (TPSA) is 66.9 Å². The van der Waals surface area contributed by atoms with Crippen LogP contribution in [0.4, 0.5) is 5.69 Å². The molecule has 0 atom stereocenters. The van der Waals surface area contributed by atoms with Crippen LogP contribution in [0, 0.1) is 11.3 Å². The van der Waals surface area contributed by atoms with E-state index in [4.69, 9.17) is 22.6 Å². The number of nitrogens with two attached hydrogens (primary N) is 1. The number of ketones is 1. The number of nitrogens with zero attached hydrogens (tertiary/aromatic N) is 1. The Kier molecular flexibility index (Phi) is 2.37. The lowest BCUT2D eigenvalue weighted by Crippen LogP contribution is -2.14. The molecule has 0 saturated carbocycles. The Morgan fingerprint density at radius 2 is 2.20 bits per heavy atom. The van der Waals surface area contributed by atoms with E-state index in [9.17, 15) is 4.79 Å². The third-order valence-electron chi connectivity index (χ3n) is 2.64. The van der Waals surface area contributed by atoms with Crippen LogP contribution >= 0.6 is 11.6 Å². The molecular weight excluding hydrogens is 212 g/mol. The van der Waals surface area contributed by atoms with Crippen LogP contribution in [0.3, 0.4) is 0 Å². The molecule has 0 bridgehead atoms. The monoisotopic (exact) mass is 220 g/mol. The van der Waals surface area contributed by atoms with Crippen molar-refractivity contribution in [2.75, 3.05) is 5.73 Å². The van der Waals surface area contributed by atoms with E-state index >= 15 is 0 Å². The fourth-order valence-corrected chi connectivity index (χ4v) is 2.14. The summed E-state index contributed by atoms with van der Waals surface area (Å²) in [7, 11) is 0. The molecule has 1 aromatic rings. The number of hydrogen-bond donors (Lipinski definition) is 1. The minimum Gasteiger partial charge on any atom is -0.396 e. The molecule has 4 heteroatoms. The first-order valence-corrected chi connectivity index (χ1v) is 5.07. The van der Waals surface area contributed by atoms with Crippen LogP contribution in [-0.4, -0.2) is 5.78 Å². The van der Waals surface area contributed by atoms with Crippen molar-refractivity contribution in [2.45, 2.75) is 19.3 Å². The molecule has 76 valence electrons. The Hall–Kier alpha value is -1.53. The Morgan fingerprint density at radius 3 is 2.87 bits per heavy atom. The number of nitrogen functional groups attached to an aromatic ring is 1. The fourth-order valence-electron chi connectivity index (χ4n) is 1.91. The smallest absolute Gasteiger partial charge is 0.164 e. The van der Waals surface area contributed by atoms with Gasteiger partial charge in [-0.05, 0) is 24.5 Å². The maximum atomic E-state index is 11.7. The molecule has 0 fully saturated rings. The molecule has 0 unspecified atom stereocenters. The van der Waals surface area contributed by atoms with Crippen molar-refractivity contribution in [3.8, 4) is 6.07 Å². The van der Waals surface area contributed by atoms with Gasteiger partial charge in [0.1, 0.15) is 6.07 Å². The van der Waals surface area contributed by atoms with Crippen LogP contribution in [0.25, 0.3) is 0 Å². The lowest BCUT2D eigenvalue weighted by Gasteiger charge is -2.17. The summed E-state index contributed by atoms with van der Waals surface area (Å²) in [6.07, 6.45) is 2.09. The molecule has 1 aliphatic carbocycles. The second-order valence-corrected chi connectivity index (χ2v) is 3.98. The number of Topliss-reactive ketones (excluding diaryl/α,β-unsaturated/α-hetero) is 1. The summed E-state index contributed by atoms with van der Waals surface area (Å²) in [5.41, 5.74) is 7.45. The van der Waals surface area contributed by atoms with E-state index in [0.29, 0.717) is 17.0 Å². The van der Waals surface area contributed by atoms with Gasteiger partial charge >= 0.3 is 0 Å². The van der Waals surface area contributed by atoms with Gasteiger partial charge in [-0.1, -0.05) is 11.6 Å². The number of aryl methyl sites for hydroxylation is 1. The zero-order chi connectivity index (χ0) is 11.0. The first kappa shape index (κ1) is 10.0. The minimum atomic E-state index is -0.00355. The molecule has 2 rings (SSSR count). The zero-order valence-corrected chi connectivity index (χ0v) is 8.77. The van der Waals surface area contributed by atoms with E-state index in [1.54, 1.807) is 6.07 Å². The van der Waals surface area contributed by atoms with E-state index < -0.39 is 0 Å². The Balaban J connectivity index is 2.77. The van der Waals surface area contributed by atoms with Crippen molar-refractivity contribution in [2.24, 2.45) is 0 Å². The maximum Gasteiger partial charge on any atom is 0.164 e. The molecule has 1 aliphatic rings. The number of fused-ring (bicyclic) bond motifs is 1. The number of halogens is 1. The lowest BCUT2D eigenvalue weighted by atomic mass is 9.87. The second-order valence-electron chi connectivity index (χ2n) is 3.57. The Bertz CT molecular complexity index is 488. The van der Waals surface area contributed by atoms with Crippen LogP contribution in [-0.2, 0) is 6.42 Å². The fraction of sp³-hybridized carbons (Fsp3) is 0.273. The molecule has 2 N–H and O–H groups in total. The van der Waals surface area contributed by atoms with Crippen LogP contribution < -0.4 is 5.73 Å². The third kappa shape index (κ3) is 1.47. The Morgan fingerprint density at radius 1 is 1.47 bits per heavy atom. The zero-order valence-electron chi connectivity index (χ0n) is 8.01. The summed E-state index contributed by atoms with van der Waals surface area (Å²) in [4.78, 5) is 11.7. The summed E-state index contributed by atoms with van der Waals surface area (Å²) in [5, 5.41) is 9.34. The molecule has 0 radical (unpaired) electrons. The van der Waals surface area contributed by atoms with Crippen LogP contribution in [0.1, 0.15) is 34.3 Å². The van der Waals surface area contributed by atoms with E-state index in [1.807, 2.05) is 6.07 Å². The van der Waals surface area contributed by atoms with Gasteiger partial charge in [0.2, 0.25) is 0 Å². The molecule has 0 saturated heterocycles. The van der Waals surface area contributed by atoms with Gasteiger partial charge in [0.15, 0.2) is 5.78 Å². The molecule has 0 aliphatic heterocycles. The standard InChI is InChI=1S/C11H9ClN2O/c12-8-4-6-2-1-3-9(15)10(6)7(5-13)11(8)14/h4H,1-3,14H2. The van der Waals surface area contributed by atoms with E-state index in [1.165, 1.54) is 0 Å². The average Bonchev–Trinajstić information content (AvgIpc) is 2.21. The number of carbonyl (C=O) groups excluding carboxylic acids is 1. The minimum absolute atomic E-state index is 0.00355. The van der Waals surface area contributed by atoms with Crippen molar-refractivity contribution in [3.05, 3.63) is 27.8 Å². The van der Waals surface area contributed by atoms with Crippen molar-refractivity contribution < 1.29 is 4.79 Å². The van der Waals surface area contributed by atoms with Crippen molar-refractivity contribution in [3.63, 3.8) is 0 Å². The van der Waals surface area contributed by atoms with Crippen molar-refractivity contribution >= 4 is 23.1 Å².